The summed E-state index contributed by atoms with van der Waals surface area (Å²) in [5, 5.41) is 5.58. The van der Waals surface area contributed by atoms with Crippen LogP contribution in [0.1, 0.15) is 30.9 Å². The summed E-state index contributed by atoms with van der Waals surface area (Å²) >= 11 is 0. The largest absolute Gasteiger partial charge is 0.483 e. The van der Waals surface area contributed by atoms with Crippen molar-refractivity contribution in [2.75, 3.05) is 17.2 Å². The quantitative estimate of drug-likeness (QED) is 0.799. The lowest BCUT2D eigenvalue weighted by Crippen LogP contribution is -2.20. The number of anilines is 2. The Kier molecular flexibility index (Phi) is 6.57. The van der Waals surface area contributed by atoms with Crippen LogP contribution in [0, 0.1) is 13.8 Å². The van der Waals surface area contributed by atoms with Crippen LogP contribution in [-0.2, 0) is 9.59 Å². The van der Waals surface area contributed by atoms with Crippen molar-refractivity contribution < 1.29 is 14.3 Å². The molecule has 0 unspecified atom stereocenters. The maximum absolute atomic E-state index is 12.0. The van der Waals surface area contributed by atoms with Crippen LogP contribution in [0.3, 0.4) is 0 Å². The Hall–Kier alpha value is -2.82. The van der Waals surface area contributed by atoms with E-state index in [0.717, 1.165) is 17.5 Å². The van der Waals surface area contributed by atoms with Crippen LogP contribution in [0.5, 0.6) is 5.75 Å². The Morgan fingerprint density at radius 3 is 2.12 bits per heavy atom. The lowest BCUT2D eigenvalue weighted by Gasteiger charge is -2.11. The molecule has 0 radical (unpaired) electrons. The standard InChI is InChI=1S/C20H24N2O3/c1-4-6-19(23)21-16-9-11-17(12-10-16)22-20(24)13-25-18-8-5-7-14(2)15(18)3/h5,7-12H,4,6,13H2,1-3H3,(H,21,23)(H,22,24). The molecule has 2 amide bonds. The normalized spacial score (nSPS) is 10.2. The highest BCUT2D eigenvalue weighted by Gasteiger charge is 2.07. The molecule has 0 saturated heterocycles. The van der Waals surface area contributed by atoms with E-state index in [1.165, 1.54) is 0 Å². The van der Waals surface area contributed by atoms with E-state index in [4.69, 9.17) is 4.74 Å². The van der Waals surface area contributed by atoms with E-state index in [0.29, 0.717) is 23.5 Å². The summed E-state index contributed by atoms with van der Waals surface area (Å²) in [6.07, 6.45) is 1.30. The Labute approximate surface area is 148 Å². The van der Waals surface area contributed by atoms with Crippen molar-refractivity contribution in [3.63, 3.8) is 0 Å². The van der Waals surface area contributed by atoms with E-state index < -0.39 is 0 Å². The highest BCUT2D eigenvalue weighted by molar-refractivity contribution is 5.93. The molecule has 0 aliphatic heterocycles. The summed E-state index contributed by atoms with van der Waals surface area (Å²) < 4.78 is 5.59. The van der Waals surface area contributed by atoms with Crippen molar-refractivity contribution in [2.45, 2.75) is 33.6 Å². The van der Waals surface area contributed by atoms with Crippen LogP contribution in [0.15, 0.2) is 42.5 Å². The van der Waals surface area contributed by atoms with Gasteiger partial charge in [0.25, 0.3) is 5.91 Å². The molecule has 5 heteroatoms. The van der Waals surface area contributed by atoms with Crippen molar-refractivity contribution in [1.29, 1.82) is 0 Å². The zero-order valence-electron chi connectivity index (χ0n) is 14.9. The van der Waals surface area contributed by atoms with Gasteiger partial charge < -0.3 is 15.4 Å². The second-order valence-electron chi connectivity index (χ2n) is 5.91. The van der Waals surface area contributed by atoms with Gasteiger partial charge in [0.15, 0.2) is 6.61 Å². The van der Waals surface area contributed by atoms with E-state index in [9.17, 15) is 9.59 Å². The summed E-state index contributed by atoms with van der Waals surface area (Å²) in [6.45, 7) is 5.87. The zero-order valence-corrected chi connectivity index (χ0v) is 14.9. The molecule has 0 spiro atoms. The van der Waals surface area contributed by atoms with Gasteiger partial charge in [0.1, 0.15) is 5.75 Å². The topological polar surface area (TPSA) is 67.4 Å². The molecule has 132 valence electrons. The number of benzene rings is 2. The number of nitrogens with one attached hydrogen (secondary N) is 2. The molecule has 25 heavy (non-hydrogen) atoms. The van der Waals surface area contributed by atoms with Crippen LogP contribution in [0.4, 0.5) is 11.4 Å². The molecule has 2 aromatic carbocycles. The highest BCUT2D eigenvalue weighted by atomic mass is 16.5. The van der Waals surface area contributed by atoms with Gasteiger partial charge in [-0.1, -0.05) is 19.1 Å². The number of hydrogen-bond acceptors (Lipinski definition) is 3. The molecule has 0 atom stereocenters. The Morgan fingerprint density at radius 2 is 1.52 bits per heavy atom. The van der Waals surface area contributed by atoms with E-state index in [-0.39, 0.29) is 18.4 Å². The Balaban J connectivity index is 1.86. The number of ether oxygens (including phenoxy) is 1. The third-order valence-electron chi connectivity index (χ3n) is 3.84. The van der Waals surface area contributed by atoms with Gasteiger partial charge in [0, 0.05) is 17.8 Å². The van der Waals surface area contributed by atoms with E-state index >= 15 is 0 Å². The monoisotopic (exact) mass is 340 g/mol. The van der Waals surface area contributed by atoms with Crippen LogP contribution in [0.2, 0.25) is 0 Å². The summed E-state index contributed by atoms with van der Waals surface area (Å²) in [5.41, 5.74) is 3.52. The number of amides is 2. The molecule has 2 N–H and O–H groups in total. The molecule has 2 rings (SSSR count). The molecule has 5 nitrogen and oxygen atoms in total. The first-order chi connectivity index (χ1) is 12.0. The Morgan fingerprint density at radius 1 is 0.920 bits per heavy atom. The van der Waals surface area contributed by atoms with Crippen molar-refractivity contribution in [3.8, 4) is 5.75 Å². The van der Waals surface area contributed by atoms with Crippen LogP contribution < -0.4 is 15.4 Å². The summed E-state index contributed by atoms with van der Waals surface area (Å²) in [4.78, 5) is 23.6. The fourth-order valence-electron chi connectivity index (χ4n) is 2.31. The first kappa shape index (κ1) is 18.5. The molecule has 0 saturated carbocycles. The summed E-state index contributed by atoms with van der Waals surface area (Å²) in [5.74, 6) is 0.467. The maximum Gasteiger partial charge on any atom is 0.262 e. The minimum absolute atomic E-state index is 0.0128. The number of hydrogen-bond donors (Lipinski definition) is 2. The number of carbonyl (C=O) groups is 2. The molecule has 0 aliphatic carbocycles. The molecular formula is C20H24N2O3. The first-order valence-corrected chi connectivity index (χ1v) is 8.38. The van der Waals surface area contributed by atoms with Gasteiger partial charge in [-0.15, -0.1) is 0 Å². The molecule has 0 aliphatic rings. The SMILES string of the molecule is CCCC(=O)Nc1ccc(NC(=O)COc2cccc(C)c2C)cc1. The van der Waals surface area contributed by atoms with Crippen LogP contribution in [-0.4, -0.2) is 18.4 Å². The van der Waals surface area contributed by atoms with Gasteiger partial charge >= 0.3 is 0 Å². The molecule has 2 aromatic rings. The van der Waals surface area contributed by atoms with Crippen LogP contribution in [0.25, 0.3) is 0 Å². The first-order valence-electron chi connectivity index (χ1n) is 8.38. The highest BCUT2D eigenvalue weighted by Crippen LogP contribution is 2.20. The molecule has 0 fully saturated rings. The predicted molar refractivity (Wildman–Crippen MR) is 100 cm³/mol. The third kappa shape index (κ3) is 5.64. The average Bonchev–Trinajstić information content (AvgIpc) is 2.58. The van der Waals surface area contributed by atoms with E-state index in [1.54, 1.807) is 24.3 Å². The second-order valence-corrected chi connectivity index (χ2v) is 5.91. The predicted octanol–water partition coefficient (Wildman–Crippen LogP) is 4.06. The zero-order chi connectivity index (χ0) is 18.2. The number of carbonyl (C=O) groups excluding carboxylic acids is 2. The maximum atomic E-state index is 12.0. The van der Waals surface area contributed by atoms with Gasteiger partial charge in [-0.25, -0.2) is 0 Å². The molecule has 0 heterocycles. The van der Waals surface area contributed by atoms with Gasteiger partial charge in [0.05, 0.1) is 0 Å². The third-order valence-corrected chi connectivity index (χ3v) is 3.84. The Bertz CT molecular complexity index is 739. The number of aryl methyl sites for hydroxylation is 1. The minimum atomic E-state index is -0.233. The second kappa shape index (κ2) is 8.87. The van der Waals surface area contributed by atoms with Gasteiger partial charge in [-0.2, -0.15) is 0 Å². The van der Waals surface area contributed by atoms with Crippen molar-refractivity contribution in [3.05, 3.63) is 53.6 Å². The van der Waals surface area contributed by atoms with Crippen molar-refractivity contribution in [2.24, 2.45) is 0 Å². The molecular weight excluding hydrogens is 316 g/mol. The van der Waals surface area contributed by atoms with Crippen LogP contribution >= 0.6 is 0 Å². The summed E-state index contributed by atoms with van der Waals surface area (Å²) in [7, 11) is 0. The molecule has 0 bridgehead atoms. The smallest absolute Gasteiger partial charge is 0.262 e. The van der Waals surface area contributed by atoms with Gasteiger partial charge in [0.2, 0.25) is 5.91 Å². The lowest BCUT2D eigenvalue weighted by atomic mass is 10.1. The fourth-order valence-corrected chi connectivity index (χ4v) is 2.31. The van der Waals surface area contributed by atoms with Gasteiger partial charge in [-0.05, 0) is 61.7 Å². The van der Waals surface area contributed by atoms with Crippen molar-refractivity contribution >= 4 is 23.2 Å². The number of rotatable bonds is 7. The van der Waals surface area contributed by atoms with Gasteiger partial charge in [-0.3, -0.25) is 9.59 Å². The average molecular weight is 340 g/mol. The minimum Gasteiger partial charge on any atom is -0.483 e. The van der Waals surface area contributed by atoms with Crippen molar-refractivity contribution in [1.82, 2.24) is 0 Å². The van der Waals surface area contributed by atoms with E-state index in [2.05, 4.69) is 10.6 Å². The summed E-state index contributed by atoms with van der Waals surface area (Å²) in [6, 6.07) is 12.8. The van der Waals surface area contributed by atoms with E-state index in [1.807, 2.05) is 39.0 Å². The fraction of sp³-hybridized carbons (Fsp3) is 0.300. The molecule has 0 aromatic heterocycles. The lowest BCUT2D eigenvalue weighted by molar-refractivity contribution is -0.118.